The Bertz CT molecular complexity index is 1250. The van der Waals surface area contributed by atoms with Gasteiger partial charge in [-0.1, -0.05) is 23.7 Å². The van der Waals surface area contributed by atoms with Crippen LogP contribution in [0.3, 0.4) is 0 Å². The molecule has 0 radical (unpaired) electrons. The molecule has 2 aromatic heterocycles. The van der Waals surface area contributed by atoms with Crippen molar-refractivity contribution < 1.29 is 18.9 Å². The molecule has 4 rings (SSSR count). The first-order valence-corrected chi connectivity index (χ1v) is 9.89. The smallest absolute Gasteiger partial charge is 0.291 e. The lowest BCUT2D eigenvalue weighted by Gasteiger charge is -2.07. The highest BCUT2D eigenvalue weighted by molar-refractivity contribution is 6.32. The zero-order valence-corrected chi connectivity index (χ0v) is 17.4. The van der Waals surface area contributed by atoms with Gasteiger partial charge in [0.1, 0.15) is 18.1 Å². The van der Waals surface area contributed by atoms with Crippen LogP contribution in [0.4, 0.5) is 11.4 Å². The van der Waals surface area contributed by atoms with Crippen LogP contribution >= 0.6 is 11.6 Å². The molecule has 10 heteroatoms. The number of aromatic nitrogens is 2. The number of nitrogens with zero attached hydrogens (tertiary/aromatic N) is 3. The first kappa shape index (κ1) is 21.1. The van der Waals surface area contributed by atoms with Crippen LogP contribution in [-0.2, 0) is 13.2 Å². The normalized spacial score (nSPS) is 10.7. The lowest BCUT2D eigenvalue weighted by molar-refractivity contribution is -0.384. The van der Waals surface area contributed by atoms with Gasteiger partial charge in [-0.05, 0) is 42.0 Å². The molecule has 0 atom stereocenters. The van der Waals surface area contributed by atoms with Gasteiger partial charge in [0.05, 0.1) is 16.5 Å². The number of furan rings is 1. The number of hydrogen-bond donors (Lipinski definition) is 1. The van der Waals surface area contributed by atoms with Crippen LogP contribution in [0.25, 0.3) is 0 Å². The molecule has 1 amide bonds. The average Bonchev–Trinajstić information content (AvgIpc) is 3.45. The lowest BCUT2D eigenvalue weighted by atomic mass is 10.2. The standard InChI is InChI=1S/C22H17ClN4O5/c23-19-12-17(27(29)30)5-7-20(19)31-14-18-6-8-21(32-18)22(28)25-16-4-1-3-15(11-16)13-26-10-2-9-24-26/h1-12H,13-14H2,(H,25,28). The molecule has 0 aliphatic rings. The van der Waals surface area contributed by atoms with Gasteiger partial charge in [-0.3, -0.25) is 19.6 Å². The van der Waals surface area contributed by atoms with Crippen molar-refractivity contribution in [2.75, 3.05) is 5.32 Å². The number of anilines is 1. The van der Waals surface area contributed by atoms with E-state index in [4.69, 9.17) is 20.8 Å². The zero-order chi connectivity index (χ0) is 22.5. The van der Waals surface area contributed by atoms with Crippen LogP contribution in [-0.4, -0.2) is 20.6 Å². The van der Waals surface area contributed by atoms with Crippen LogP contribution in [0.2, 0.25) is 5.02 Å². The Morgan fingerprint density at radius 1 is 1.19 bits per heavy atom. The van der Waals surface area contributed by atoms with E-state index in [0.717, 1.165) is 5.56 Å². The Hall–Kier alpha value is -4.11. The maximum atomic E-state index is 12.5. The Labute approximate surface area is 187 Å². The molecule has 0 saturated heterocycles. The van der Waals surface area contributed by atoms with E-state index in [-0.39, 0.29) is 28.8 Å². The highest BCUT2D eigenvalue weighted by Crippen LogP contribution is 2.29. The summed E-state index contributed by atoms with van der Waals surface area (Å²) >= 11 is 6.01. The van der Waals surface area contributed by atoms with E-state index in [0.29, 0.717) is 18.0 Å². The number of non-ortho nitro benzene ring substituents is 1. The van der Waals surface area contributed by atoms with Crippen molar-refractivity contribution >= 4 is 28.9 Å². The van der Waals surface area contributed by atoms with Crippen LogP contribution in [0, 0.1) is 10.1 Å². The van der Waals surface area contributed by atoms with E-state index in [1.807, 2.05) is 30.5 Å². The van der Waals surface area contributed by atoms with Crippen molar-refractivity contribution in [1.82, 2.24) is 9.78 Å². The molecule has 32 heavy (non-hydrogen) atoms. The van der Waals surface area contributed by atoms with E-state index >= 15 is 0 Å². The molecule has 0 aliphatic carbocycles. The molecular weight excluding hydrogens is 436 g/mol. The topological polar surface area (TPSA) is 112 Å². The molecule has 1 N–H and O–H groups in total. The van der Waals surface area contributed by atoms with Gasteiger partial charge in [-0.15, -0.1) is 0 Å². The fraction of sp³-hybridized carbons (Fsp3) is 0.0909. The first-order chi connectivity index (χ1) is 15.5. The van der Waals surface area contributed by atoms with Crippen LogP contribution < -0.4 is 10.1 Å². The minimum absolute atomic E-state index is 0.00413. The number of hydrogen-bond acceptors (Lipinski definition) is 6. The molecule has 0 bridgehead atoms. The summed E-state index contributed by atoms with van der Waals surface area (Å²) in [5.41, 5.74) is 1.49. The Morgan fingerprint density at radius 3 is 2.81 bits per heavy atom. The largest absolute Gasteiger partial charge is 0.484 e. The first-order valence-electron chi connectivity index (χ1n) is 9.51. The number of carbonyl (C=O) groups excluding carboxylic acids is 1. The minimum atomic E-state index is -0.542. The molecule has 0 fully saturated rings. The van der Waals surface area contributed by atoms with Gasteiger partial charge in [0.2, 0.25) is 0 Å². The second-order valence-electron chi connectivity index (χ2n) is 6.78. The van der Waals surface area contributed by atoms with Crippen molar-refractivity contribution in [3.63, 3.8) is 0 Å². The van der Waals surface area contributed by atoms with E-state index in [1.165, 1.54) is 18.2 Å². The predicted octanol–water partition coefficient (Wildman–Crippen LogP) is 4.92. The summed E-state index contributed by atoms with van der Waals surface area (Å²) in [5, 5.41) is 17.9. The molecule has 2 heterocycles. The van der Waals surface area contributed by atoms with Crippen molar-refractivity contribution in [3.8, 4) is 5.75 Å². The van der Waals surface area contributed by atoms with Gasteiger partial charge in [0.15, 0.2) is 5.76 Å². The van der Waals surface area contributed by atoms with Crippen molar-refractivity contribution in [3.05, 3.63) is 105 Å². The minimum Gasteiger partial charge on any atom is -0.484 e. The summed E-state index contributed by atoms with van der Waals surface area (Å²) in [6.07, 6.45) is 3.57. The Kier molecular flexibility index (Phi) is 6.18. The summed E-state index contributed by atoms with van der Waals surface area (Å²) in [4.78, 5) is 22.8. The van der Waals surface area contributed by atoms with Crippen LogP contribution in [0.1, 0.15) is 21.9 Å². The lowest BCUT2D eigenvalue weighted by Crippen LogP contribution is -2.11. The highest BCUT2D eigenvalue weighted by Gasteiger charge is 2.14. The molecular formula is C22H17ClN4O5. The maximum absolute atomic E-state index is 12.5. The van der Waals surface area contributed by atoms with Gasteiger partial charge in [0.25, 0.3) is 11.6 Å². The van der Waals surface area contributed by atoms with E-state index in [2.05, 4.69) is 10.4 Å². The molecule has 0 spiro atoms. The monoisotopic (exact) mass is 452 g/mol. The fourth-order valence-corrected chi connectivity index (χ4v) is 3.20. The van der Waals surface area contributed by atoms with E-state index in [1.54, 1.807) is 29.1 Å². The molecule has 2 aromatic carbocycles. The van der Waals surface area contributed by atoms with Crippen molar-refractivity contribution in [2.45, 2.75) is 13.2 Å². The summed E-state index contributed by atoms with van der Waals surface area (Å²) < 4.78 is 12.9. The van der Waals surface area contributed by atoms with Gasteiger partial charge < -0.3 is 14.5 Å². The van der Waals surface area contributed by atoms with E-state index in [9.17, 15) is 14.9 Å². The molecule has 4 aromatic rings. The zero-order valence-electron chi connectivity index (χ0n) is 16.6. The number of ether oxygens (including phenoxy) is 1. The number of nitrogens with one attached hydrogen (secondary N) is 1. The van der Waals surface area contributed by atoms with Crippen molar-refractivity contribution in [1.29, 1.82) is 0 Å². The average molecular weight is 453 g/mol. The molecule has 0 unspecified atom stereocenters. The summed E-state index contributed by atoms with van der Waals surface area (Å²) in [7, 11) is 0. The second kappa shape index (κ2) is 9.36. The maximum Gasteiger partial charge on any atom is 0.291 e. The van der Waals surface area contributed by atoms with E-state index < -0.39 is 10.8 Å². The number of halogens is 1. The highest BCUT2D eigenvalue weighted by atomic mass is 35.5. The van der Waals surface area contributed by atoms with Gasteiger partial charge in [-0.2, -0.15) is 5.10 Å². The SMILES string of the molecule is O=C(Nc1cccc(Cn2cccn2)c1)c1ccc(COc2ccc([N+](=O)[O-])cc2Cl)o1. The third-order valence-electron chi connectivity index (χ3n) is 4.47. The fourth-order valence-electron chi connectivity index (χ4n) is 2.97. The quantitative estimate of drug-likeness (QED) is 0.300. The number of rotatable bonds is 8. The number of nitro groups is 1. The summed E-state index contributed by atoms with van der Waals surface area (Å²) in [5.74, 6) is 0.391. The van der Waals surface area contributed by atoms with Crippen molar-refractivity contribution in [2.24, 2.45) is 0 Å². The number of amides is 1. The van der Waals surface area contributed by atoms with Crippen LogP contribution in [0.15, 0.2) is 77.5 Å². The van der Waals surface area contributed by atoms with Gasteiger partial charge in [0, 0.05) is 30.2 Å². The number of benzene rings is 2. The Morgan fingerprint density at radius 2 is 2.06 bits per heavy atom. The molecule has 9 nitrogen and oxygen atoms in total. The third-order valence-corrected chi connectivity index (χ3v) is 4.77. The van der Waals surface area contributed by atoms with Gasteiger partial charge in [-0.25, -0.2) is 0 Å². The molecule has 162 valence electrons. The summed E-state index contributed by atoms with van der Waals surface area (Å²) in [6.45, 7) is 0.592. The van der Waals surface area contributed by atoms with Gasteiger partial charge >= 0.3 is 0 Å². The predicted molar refractivity (Wildman–Crippen MR) is 117 cm³/mol. The second-order valence-corrected chi connectivity index (χ2v) is 7.19. The number of nitro benzene ring substituents is 1. The molecule has 0 saturated carbocycles. The third kappa shape index (κ3) is 5.13. The molecule has 0 aliphatic heterocycles. The van der Waals surface area contributed by atoms with Crippen LogP contribution in [0.5, 0.6) is 5.75 Å². The Balaban J connectivity index is 1.36. The number of carbonyl (C=O) groups is 1. The summed E-state index contributed by atoms with van der Waals surface area (Å²) in [6, 6.07) is 16.4.